The Bertz CT molecular complexity index is 617. The molecule has 2 rings (SSSR count). The quantitative estimate of drug-likeness (QED) is 0.737. The van der Waals surface area contributed by atoms with E-state index in [0.717, 1.165) is 22.1 Å². The molecule has 2 N–H and O–H groups in total. The van der Waals surface area contributed by atoms with Crippen LogP contribution in [0, 0.1) is 0 Å². The molecular formula is C16H19ClN2O2S. The Labute approximate surface area is 139 Å². The van der Waals surface area contributed by atoms with Crippen LogP contribution in [0.1, 0.15) is 25.6 Å². The van der Waals surface area contributed by atoms with Gasteiger partial charge < -0.3 is 15.1 Å². The van der Waals surface area contributed by atoms with Crippen LogP contribution in [0.25, 0.3) is 0 Å². The number of halogens is 1. The lowest BCUT2D eigenvalue weighted by Gasteiger charge is -2.14. The van der Waals surface area contributed by atoms with Gasteiger partial charge in [-0.15, -0.1) is 11.8 Å². The summed E-state index contributed by atoms with van der Waals surface area (Å²) in [6.45, 7) is 4.15. The Balaban J connectivity index is 1.92. The second-order valence-electron chi connectivity index (χ2n) is 4.73. The Morgan fingerprint density at radius 1 is 1.41 bits per heavy atom. The van der Waals surface area contributed by atoms with Crippen LogP contribution in [0.15, 0.2) is 45.9 Å². The number of carbonyl (C=O) groups is 1. The predicted molar refractivity (Wildman–Crippen MR) is 91.6 cm³/mol. The summed E-state index contributed by atoms with van der Waals surface area (Å²) in [4.78, 5) is 13.1. The first-order valence-corrected chi connectivity index (χ1v) is 8.45. The third-order valence-electron chi connectivity index (χ3n) is 3.03. The molecule has 0 aliphatic rings. The molecule has 0 saturated heterocycles. The Morgan fingerprint density at radius 3 is 2.91 bits per heavy atom. The van der Waals surface area contributed by atoms with Crippen LogP contribution < -0.4 is 10.6 Å². The summed E-state index contributed by atoms with van der Waals surface area (Å²) in [6, 6.07) is 9.13. The number of carbonyl (C=O) groups excluding carboxylic acids is 1. The van der Waals surface area contributed by atoms with E-state index in [1.807, 2.05) is 31.2 Å². The molecule has 1 heterocycles. The van der Waals surface area contributed by atoms with Gasteiger partial charge in [0.1, 0.15) is 5.76 Å². The van der Waals surface area contributed by atoms with Gasteiger partial charge in [-0.25, -0.2) is 0 Å². The molecule has 2 aromatic rings. The Kier molecular flexibility index (Phi) is 6.21. The summed E-state index contributed by atoms with van der Waals surface area (Å²) in [6.07, 6.45) is 1.59. The highest BCUT2D eigenvalue weighted by molar-refractivity contribution is 7.99. The largest absolute Gasteiger partial charge is 0.467 e. The van der Waals surface area contributed by atoms with Crippen LogP contribution in [-0.4, -0.2) is 18.2 Å². The second kappa shape index (κ2) is 8.15. The molecule has 22 heavy (non-hydrogen) atoms. The third-order valence-corrected chi connectivity index (χ3v) is 4.22. The molecule has 4 nitrogen and oxygen atoms in total. The average Bonchev–Trinajstić information content (AvgIpc) is 3.02. The van der Waals surface area contributed by atoms with Crippen molar-refractivity contribution in [2.24, 2.45) is 0 Å². The van der Waals surface area contributed by atoms with Gasteiger partial charge in [0.15, 0.2) is 0 Å². The van der Waals surface area contributed by atoms with Crippen molar-refractivity contribution < 1.29 is 9.21 Å². The zero-order valence-electron chi connectivity index (χ0n) is 12.6. The molecule has 1 atom stereocenters. The number of anilines is 1. The van der Waals surface area contributed by atoms with Crippen LogP contribution in [-0.2, 0) is 4.79 Å². The van der Waals surface area contributed by atoms with Gasteiger partial charge in [0.25, 0.3) is 0 Å². The number of hydrogen-bond donors (Lipinski definition) is 2. The summed E-state index contributed by atoms with van der Waals surface area (Å²) < 4.78 is 5.27. The van der Waals surface area contributed by atoms with Crippen molar-refractivity contribution in [3.63, 3.8) is 0 Å². The molecule has 0 aliphatic carbocycles. The molecule has 1 aromatic heterocycles. The molecule has 0 fully saturated rings. The number of rotatable bonds is 7. The number of furan rings is 1. The maximum absolute atomic E-state index is 12.0. The van der Waals surface area contributed by atoms with Crippen molar-refractivity contribution in [3.05, 3.63) is 47.4 Å². The van der Waals surface area contributed by atoms with E-state index in [-0.39, 0.29) is 18.5 Å². The molecule has 0 bridgehead atoms. The highest BCUT2D eigenvalue weighted by atomic mass is 35.5. The standard InChI is InChI=1S/C16H19ClN2O2S/c1-3-22-15-7-6-12(17)9-13(15)18-10-16(20)19-11(2)14-5-4-8-21-14/h4-9,11,18H,3,10H2,1-2H3,(H,19,20). The molecule has 1 amide bonds. The first-order chi connectivity index (χ1) is 10.6. The van der Waals surface area contributed by atoms with Gasteiger partial charge in [-0.1, -0.05) is 18.5 Å². The molecule has 6 heteroatoms. The molecule has 1 unspecified atom stereocenters. The van der Waals surface area contributed by atoms with Crippen molar-refractivity contribution in [3.8, 4) is 0 Å². The van der Waals surface area contributed by atoms with E-state index in [1.54, 1.807) is 24.1 Å². The predicted octanol–water partition coefficient (Wildman–Crippen LogP) is 4.33. The van der Waals surface area contributed by atoms with Gasteiger partial charge in [-0.2, -0.15) is 0 Å². The molecule has 0 saturated carbocycles. The maximum Gasteiger partial charge on any atom is 0.239 e. The smallest absolute Gasteiger partial charge is 0.239 e. The van der Waals surface area contributed by atoms with E-state index in [1.165, 1.54) is 0 Å². The van der Waals surface area contributed by atoms with E-state index >= 15 is 0 Å². The molecule has 1 aromatic carbocycles. The normalized spacial score (nSPS) is 12.0. The Morgan fingerprint density at radius 2 is 2.23 bits per heavy atom. The van der Waals surface area contributed by atoms with Crippen molar-refractivity contribution in [2.75, 3.05) is 17.6 Å². The fraction of sp³-hybridized carbons (Fsp3) is 0.312. The van der Waals surface area contributed by atoms with E-state index < -0.39 is 0 Å². The van der Waals surface area contributed by atoms with Crippen LogP contribution >= 0.6 is 23.4 Å². The van der Waals surface area contributed by atoms with Gasteiger partial charge in [0, 0.05) is 15.6 Å². The van der Waals surface area contributed by atoms with Crippen LogP contribution in [0.4, 0.5) is 5.69 Å². The average molecular weight is 339 g/mol. The van der Waals surface area contributed by atoms with Gasteiger partial charge in [0.2, 0.25) is 5.91 Å². The number of hydrogen-bond acceptors (Lipinski definition) is 4. The van der Waals surface area contributed by atoms with Crippen molar-refractivity contribution in [2.45, 2.75) is 24.8 Å². The van der Waals surface area contributed by atoms with E-state index in [2.05, 4.69) is 17.6 Å². The minimum atomic E-state index is -0.159. The number of thioether (sulfide) groups is 1. The van der Waals surface area contributed by atoms with E-state index in [0.29, 0.717) is 5.02 Å². The summed E-state index contributed by atoms with van der Waals surface area (Å²) in [5, 5.41) is 6.67. The fourth-order valence-electron chi connectivity index (χ4n) is 2.00. The van der Waals surface area contributed by atoms with Gasteiger partial charge in [0.05, 0.1) is 18.8 Å². The molecular weight excluding hydrogens is 320 g/mol. The van der Waals surface area contributed by atoms with E-state index in [9.17, 15) is 4.79 Å². The lowest BCUT2D eigenvalue weighted by atomic mass is 10.2. The molecule has 0 spiro atoms. The highest BCUT2D eigenvalue weighted by Crippen LogP contribution is 2.29. The maximum atomic E-state index is 12.0. The minimum Gasteiger partial charge on any atom is -0.467 e. The summed E-state index contributed by atoms with van der Waals surface area (Å²) >= 11 is 7.73. The summed E-state index contributed by atoms with van der Waals surface area (Å²) in [7, 11) is 0. The van der Waals surface area contributed by atoms with Crippen LogP contribution in [0.3, 0.4) is 0 Å². The zero-order valence-corrected chi connectivity index (χ0v) is 14.1. The zero-order chi connectivity index (χ0) is 15.9. The minimum absolute atomic E-state index is 0.101. The number of benzene rings is 1. The summed E-state index contributed by atoms with van der Waals surface area (Å²) in [5.74, 6) is 1.59. The number of amides is 1. The first kappa shape index (κ1) is 16.8. The van der Waals surface area contributed by atoms with Crippen LogP contribution in [0.2, 0.25) is 5.02 Å². The Hall–Kier alpha value is -1.59. The topological polar surface area (TPSA) is 54.3 Å². The van der Waals surface area contributed by atoms with Crippen molar-refractivity contribution in [1.29, 1.82) is 0 Å². The lowest BCUT2D eigenvalue weighted by Crippen LogP contribution is -2.32. The molecule has 0 aliphatic heterocycles. The molecule has 118 valence electrons. The molecule has 0 radical (unpaired) electrons. The van der Waals surface area contributed by atoms with Crippen molar-refractivity contribution in [1.82, 2.24) is 5.32 Å². The fourth-order valence-corrected chi connectivity index (χ4v) is 2.93. The SMILES string of the molecule is CCSc1ccc(Cl)cc1NCC(=O)NC(C)c1ccco1. The third kappa shape index (κ3) is 4.71. The first-order valence-electron chi connectivity index (χ1n) is 7.09. The van der Waals surface area contributed by atoms with E-state index in [4.69, 9.17) is 16.0 Å². The monoisotopic (exact) mass is 338 g/mol. The lowest BCUT2D eigenvalue weighted by molar-refractivity contribution is -0.120. The second-order valence-corrected chi connectivity index (χ2v) is 6.47. The van der Waals surface area contributed by atoms with Gasteiger partial charge >= 0.3 is 0 Å². The highest BCUT2D eigenvalue weighted by Gasteiger charge is 2.12. The van der Waals surface area contributed by atoms with Crippen LogP contribution in [0.5, 0.6) is 0 Å². The van der Waals surface area contributed by atoms with Gasteiger partial charge in [-0.3, -0.25) is 4.79 Å². The van der Waals surface area contributed by atoms with Gasteiger partial charge in [-0.05, 0) is 43.0 Å². The number of nitrogens with one attached hydrogen (secondary N) is 2. The van der Waals surface area contributed by atoms with Crippen molar-refractivity contribution >= 4 is 35.0 Å². The summed E-state index contributed by atoms with van der Waals surface area (Å²) in [5.41, 5.74) is 0.875.